The summed E-state index contributed by atoms with van der Waals surface area (Å²) in [5.41, 5.74) is 6.53. The molecular weight excluding hydrogens is 268 g/mol. The molecular formula is C15H26N4O2. The number of aromatic nitrogens is 2. The van der Waals surface area contributed by atoms with Gasteiger partial charge in [-0.05, 0) is 37.5 Å². The number of carbonyl (C=O) groups is 1. The Bertz CT molecular complexity index is 502. The lowest BCUT2D eigenvalue weighted by molar-refractivity contribution is -0.00543. The molecule has 2 rings (SSSR count). The number of hydrogen-bond donors (Lipinski definition) is 4. The van der Waals surface area contributed by atoms with Gasteiger partial charge in [-0.1, -0.05) is 20.8 Å². The van der Waals surface area contributed by atoms with Crippen molar-refractivity contribution in [2.75, 3.05) is 12.3 Å². The van der Waals surface area contributed by atoms with E-state index in [2.05, 4.69) is 22.4 Å². The molecule has 0 radical (unpaired) electrons. The lowest BCUT2D eigenvalue weighted by atomic mass is 9.79. The van der Waals surface area contributed by atoms with Crippen molar-refractivity contribution in [1.82, 2.24) is 15.5 Å². The molecule has 0 bridgehead atoms. The van der Waals surface area contributed by atoms with E-state index >= 15 is 0 Å². The molecule has 21 heavy (non-hydrogen) atoms. The van der Waals surface area contributed by atoms with Crippen molar-refractivity contribution in [2.24, 2.45) is 5.92 Å². The smallest absolute Gasteiger partial charge is 0.274 e. The van der Waals surface area contributed by atoms with Crippen LogP contribution in [0.1, 0.15) is 68.6 Å². The van der Waals surface area contributed by atoms with Crippen LogP contribution in [0.2, 0.25) is 0 Å². The van der Waals surface area contributed by atoms with Gasteiger partial charge in [0, 0.05) is 6.54 Å². The molecule has 1 fully saturated rings. The third kappa shape index (κ3) is 3.56. The van der Waals surface area contributed by atoms with Crippen molar-refractivity contribution in [3.8, 4) is 0 Å². The normalized spacial score (nSPS) is 26.0. The number of carbonyl (C=O) groups excluding carboxylic acids is 1. The number of nitrogens with zero attached hydrogens (tertiary/aromatic N) is 1. The van der Waals surface area contributed by atoms with Crippen LogP contribution < -0.4 is 11.1 Å². The van der Waals surface area contributed by atoms with Gasteiger partial charge in [-0.15, -0.1) is 0 Å². The minimum atomic E-state index is -0.798. The number of nitrogens with one attached hydrogen (secondary N) is 2. The first-order chi connectivity index (χ1) is 9.82. The predicted molar refractivity (Wildman–Crippen MR) is 82.0 cm³/mol. The first kappa shape index (κ1) is 15.8. The molecule has 0 spiro atoms. The molecule has 1 amide bonds. The van der Waals surface area contributed by atoms with Gasteiger partial charge in [0.15, 0.2) is 5.69 Å². The lowest BCUT2D eigenvalue weighted by Gasteiger charge is -2.34. The predicted octanol–water partition coefficient (Wildman–Crippen LogP) is 1.79. The molecule has 1 aliphatic carbocycles. The van der Waals surface area contributed by atoms with Crippen molar-refractivity contribution >= 4 is 11.6 Å². The fraction of sp³-hybridized carbons (Fsp3) is 0.733. The first-order valence-corrected chi connectivity index (χ1v) is 7.67. The fourth-order valence-electron chi connectivity index (χ4n) is 2.78. The molecule has 6 nitrogen and oxygen atoms in total. The van der Waals surface area contributed by atoms with Crippen molar-refractivity contribution in [3.63, 3.8) is 0 Å². The molecule has 1 aromatic heterocycles. The summed E-state index contributed by atoms with van der Waals surface area (Å²) in [5, 5.41) is 20.0. The Morgan fingerprint density at radius 1 is 1.52 bits per heavy atom. The zero-order valence-corrected chi connectivity index (χ0v) is 13.1. The summed E-state index contributed by atoms with van der Waals surface area (Å²) in [6, 6.07) is 0. The van der Waals surface area contributed by atoms with Crippen LogP contribution in [0.4, 0.5) is 5.69 Å². The summed E-state index contributed by atoms with van der Waals surface area (Å²) in [4.78, 5) is 12.2. The average Bonchev–Trinajstić information content (AvgIpc) is 2.82. The molecule has 0 aromatic carbocycles. The maximum atomic E-state index is 12.2. The topological polar surface area (TPSA) is 104 Å². The van der Waals surface area contributed by atoms with E-state index in [1.807, 2.05) is 13.8 Å². The van der Waals surface area contributed by atoms with Gasteiger partial charge in [0.2, 0.25) is 0 Å². The van der Waals surface area contributed by atoms with Crippen LogP contribution >= 0.6 is 0 Å². The van der Waals surface area contributed by atoms with E-state index in [4.69, 9.17) is 5.73 Å². The van der Waals surface area contributed by atoms with Crippen LogP contribution in [0.3, 0.4) is 0 Å². The van der Waals surface area contributed by atoms with Crippen molar-refractivity contribution < 1.29 is 9.90 Å². The second-order valence-electron chi connectivity index (χ2n) is 6.64. The molecule has 5 N–H and O–H groups in total. The summed E-state index contributed by atoms with van der Waals surface area (Å²) >= 11 is 0. The number of H-pyrrole nitrogens is 1. The molecule has 118 valence electrons. The van der Waals surface area contributed by atoms with Gasteiger partial charge >= 0.3 is 0 Å². The number of anilines is 1. The van der Waals surface area contributed by atoms with Gasteiger partial charge in [-0.25, -0.2) is 0 Å². The SMILES string of the molecule is CC1CCC(O)(CNC(=O)c2n[nH]c(C(C)C)c2N)CC1. The average molecular weight is 294 g/mol. The Morgan fingerprint density at radius 3 is 2.67 bits per heavy atom. The third-order valence-corrected chi connectivity index (χ3v) is 4.41. The van der Waals surface area contributed by atoms with Gasteiger partial charge < -0.3 is 16.2 Å². The molecule has 0 unspecified atom stereocenters. The maximum absolute atomic E-state index is 12.2. The Hall–Kier alpha value is -1.56. The standard InChI is InChI=1S/C15H26N4O2/c1-9(2)12-11(16)13(19-18-12)14(20)17-8-15(21)6-4-10(3)5-7-15/h9-10,21H,4-8,16H2,1-3H3,(H,17,20)(H,18,19). The number of aliphatic hydroxyl groups is 1. The van der Waals surface area contributed by atoms with Crippen LogP contribution in [-0.2, 0) is 0 Å². The zero-order chi connectivity index (χ0) is 15.6. The fourth-order valence-corrected chi connectivity index (χ4v) is 2.78. The highest BCUT2D eigenvalue weighted by Crippen LogP contribution is 2.31. The number of nitrogen functional groups attached to an aromatic ring is 1. The molecule has 1 heterocycles. The van der Waals surface area contributed by atoms with E-state index in [1.54, 1.807) is 0 Å². The molecule has 1 aromatic rings. The molecule has 0 saturated heterocycles. The van der Waals surface area contributed by atoms with E-state index in [1.165, 1.54) is 0 Å². The first-order valence-electron chi connectivity index (χ1n) is 7.67. The number of rotatable bonds is 4. The summed E-state index contributed by atoms with van der Waals surface area (Å²) < 4.78 is 0. The van der Waals surface area contributed by atoms with Gasteiger partial charge in [0.1, 0.15) is 0 Å². The van der Waals surface area contributed by atoms with Crippen LogP contribution in [-0.4, -0.2) is 33.4 Å². The highest BCUT2D eigenvalue weighted by atomic mass is 16.3. The summed E-state index contributed by atoms with van der Waals surface area (Å²) in [6.45, 7) is 6.41. The Kier molecular flexibility index (Phi) is 4.56. The molecule has 0 aliphatic heterocycles. The number of hydrogen-bond acceptors (Lipinski definition) is 4. The maximum Gasteiger partial charge on any atom is 0.274 e. The van der Waals surface area contributed by atoms with Gasteiger partial charge in [-0.3, -0.25) is 9.89 Å². The van der Waals surface area contributed by atoms with Crippen LogP contribution in [0.5, 0.6) is 0 Å². The second kappa shape index (κ2) is 6.05. The summed E-state index contributed by atoms with van der Waals surface area (Å²) in [6.07, 6.45) is 3.44. The quantitative estimate of drug-likeness (QED) is 0.679. The minimum absolute atomic E-state index is 0.183. The highest BCUT2D eigenvalue weighted by Gasteiger charge is 2.32. The van der Waals surface area contributed by atoms with E-state index in [9.17, 15) is 9.90 Å². The van der Waals surface area contributed by atoms with E-state index in [0.29, 0.717) is 11.6 Å². The lowest BCUT2D eigenvalue weighted by Crippen LogP contribution is -2.45. The largest absolute Gasteiger partial charge is 0.395 e. The van der Waals surface area contributed by atoms with Gasteiger partial charge in [-0.2, -0.15) is 5.10 Å². The Labute approximate surface area is 125 Å². The molecule has 1 aliphatic rings. The van der Waals surface area contributed by atoms with Gasteiger partial charge in [0.05, 0.1) is 17.0 Å². The zero-order valence-electron chi connectivity index (χ0n) is 13.1. The molecule has 1 saturated carbocycles. The summed E-state index contributed by atoms with van der Waals surface area (Å²) in [7, 11) is 0. The van der Waals surface area contributed by atoms with E-state index in [0.717, 1.165) is 31.4 Å². The molecule has 6 heteroatoms. The van der Waals surface area contributed by atoms with E-state index in [-0.39, 0.29) is 24.1 Å². The minimum Gasteiger partial charge on any atom is -0.395 e. The van der Waals surface area contributed by atoms with Crippen LogP contribution in [0.15, 0.2) is 0 Å². The Morgan fingerprint density at radius 2 is 2.14 bits per heavy atom. The number of aromatic amines is 1. The van der Waals surface area contributed by atoms with Crippen molar-refractivity contribution in [3.05, 3.63) is 11.4 Å². The van der Waals surface area contributed by atoms with Crippen LogP contribution in [0, 0.1) is 5.92 Å². The number of nitrogens with two attached hydrogens (primary N) is 1. The van der Waals surface area contributed by atoms with E-state index < -0.39 is 5.60 Å². The van der Waals surface area contributed by atoms with Crippen molar-refractivity contribution in [1.29, 1.82) is 0 Å². The Balaban J connectivity index is 1.96. The third-order valence-electron chi connectivity index (χ3n) is 4.41. The molecule has 0 atom stereocenters. The monoisotopic (exact) mass is 294 g/mol. The number of amides is 1. The summed E-state index contributed by atoms with van der Waals surface area (Å²) in [5.74, 6) is 0.502. The van der Waals surface area contributed by atoms with Gasteiger partial charge in [0.25, 0.3) is 5.91 Å². The van der Waals surface area contributed by atoms with Crippen LogP contribution in [0.25, 0.3) is 0 Å². The highest BCUT2D eigenvalue weighted by molar-refractivity contribution is 5.97. The second-order valence-corrected chi connectivity index (χ2v) is 6.64. The van der Waals surface area contributed by atoms with Crippen molar-refractivity contribution in [2.45, 2.75) is 58.0 Å².